The summed E-state index contributed by atoms with van der Waals surface area (Å²) in [4.78, 5) is 3.95. The van der Waals surface area contributed by atoms with Crippen LogP contribution in [0.1, 0.15) is 22.8 Å². The summed E-state index contributed by atoms with van der Waals surface area (Å²) in [5.74, 6) is -1.35. The van der Waals surface area contributed by atoms with Gasteiger partial charge in [-0.1, -0.05) is 6.07 Å². The fraction of sp³-hybridized carbons (Fsp3) is 0.214. The van der Waals surface area contributed by atoms with E-state index in [0.717, 1.165) is 5.56 Å². The number of aliphatic hydroxyl groups excluding tert-OH is 1. The van der Waals surface area contributed by atoms with Crippen molar-refractivity contribution in [2.24, 2.45) is 0 Å². The minimum Gasteiger partial charge on any atom is -0.388 e. The van der Waals surface area contributed by atoms with Crippen molar-refractivity contribution in [3.63, 3.8) is 0 Å². The van der Waals surface area contributed by atoms with Crippen LogP contribution >= 0.6 is 15.9 Å². The lowest BCUT2D eigenvalue weighted by Gasteiger charge is -2.13. The normalized spacial score (nSPS) is 12.5. The molecule has 0 spiro atoms. The van der Waals surface area contributed by atoms with Crippen LogP contribution < -0.4 is 0 Å². The first-order valence-electron chi connectivity index (χ1n) is 5.71. The Morgan fingerprint density at radius 2 is 2.05 bits per heavy atom. The maximum Gasteiger partial charge on any atom is 0.143 e. The molecule has 1 aromatic carbocycles. The molecule has 100 valence electrons. The summed E-state index contributed by atoms with van der Waals surface area (Å²) in [7, 11) is 0. The number of benzene rings is 1. The topological polar surface area (TPSA) is 33.1 Å². The molecule has 0 fully saturated rings. The van der Waals surface area contributed by atoms with Crippen LogP contribution in [0.15, 0.2) is 35.1 Å². The lowest BCUT2D eigenvalue weighted by atomic mass is 10.0. The van der Waals surface area contributed by atoms with Crippen molar-refractivity contribution in [2.45, 2.75) is 19.4 Å². The van der Waals surface area contributed by atoms with Crippen LogP contribution in [0.4, 0.5) is 8.78 Å². The largest absolute Gasteiger partial charge is 0.388 e. The molecule has 0 aliphatic heterocycles. The molecule has 5 heteroatoms. The SMILES string of the molecule is Cc1cncc(C(O)Cc2c(F)ccc(Br)c2F)c1. The predicted octanol–water partition coefficient (Wildman–Crippen LogP) is 3.71. The maximum absolute atomic E-state index is 13.8. The monoisotopic (exact) mass is 327 g/mol. The van der Waals surface area contributed by atoms with Gasteiger partial charge < -0.3 is 5.11 Å². The summed E-state index contributed by atoms with van der Waals surface area (Å²) in [6.07, 6.45) is 2.01. The van der Waals surface area contributed by atoms with Gasteiger partial charge in [-0.2, -0.15) is 0 Å². The Labute approximate surface area is 118 Å². The average molecular weight is 328 g/mol. The van der Waals surface area contributed by atoms with Crippen LogP contribution in [0.3, 0.4) is 0 Å². The van der Waals surface area contributed by atoms with E-state index in [0.29, 0.717) is 5.56 Å². The molecule has 1 N–H and O–H groups in total. The van der Waals surface area contributed by atoms with Crippen molar-refractivity contribution < 1.29 is 13.9 Å². The molecule has 0 amide bonds. The molecule has 0 aliphatic rings. The van der Waals surface area contributed by atoms with E-state index in [4.69, 9.17) is 0 Å². The maximum atomic E-state index is 13.8. The van der Waals surface area contributed by atoms with E-state index in [1.54, 1.807) is 12.3 Å². The van der Waals surface area contributed by atoms with Crippen LogP contribution in [-0.4, -0.2) is 10.1 Å². The molecule has 0 bridgehead atoms. The van der Waals surface area contributed by atoms with Gasteiger partial charge in [0.1, 0.15) is 11.6 Å². The number of halogens is 3. The van der Waals surface area contributed by atoms with Gasteiger partial charge in [-0.3, -0.25) is 4.98 Å². The number of pyridine rings is 1. The molecule has 0 radical (unpaired) electrons. The van der Waals surface area contributed by atoms with Crippen LogP contribution in [-0.2, 0) is 6.42 Å². The number of aryl methyl sites for hydroxylation is 1. The van der Waals surface area contributed by atoms with Crippen molar-refractivity contribution in [1.29, 1.82) is 0 Å². The van der Waals surface area contributed by atoms with E-state index >= 15 is 0 Å². The third kappa shape index (κ3) is 3.16. The Balaban J connectivity index is 2.29. The average Bonchev–Trinajstić information content (AvgIpc) is 2.39. The van der Waals surface area contributed by atoms with Crippen LogP contribution in [0.2, 0.25) is 0 Å². The second-order valence-electron chi connectivity index (χ2n) is 4.34. The molecule has 19 heavy (non-hydrogen) atoms. The molecular formula is C14H12BrF2NO. The second-order valence-corrected chi connectivity index (χ2v) is 5.19. The number of aliphatic hydroxyl groups is 1. The van der Waals surface area contributed by atoms with Crippen molar-refractivity contribution in [3.05, 3.63) is 63.4 Å². The Morgan fingerprint density at radius 1 is 1.32 bits per heavy atom. The first-order valence-corrected chi connectivity index (χ1v) is 6.50. The second kappa shape index (κ2) is 5.75. The quantitative estimate of drug-likeness (QED) is 0.872. The van der Waals surface area contributed by atoms with Gasteiger partial charge in [-0.25, -0.2) is 8.78 Å². The van der Waals surface area contributed by atoms with E-state index in [9.17, 15) is 13.9 Å². The third-order valence-electron chi connectivity index (χ3n) is 2.82. The van der Waals surface area contributed by atoms with Crippen molar-refractivity contribution in [1.82, 2.24) is 4.98 Å². The predicted molar refractivity (Wildman–Crippen MR) is 71.7 cm³/mol. The Kier molecular flexibility index (Phi) is 4.27. The highest BCUT2D eigenvalue weighted by atomic mass is 79.9. The van der Waals surface area contributed by atoms with E-state index in [2.05, 4.69) is 20.9 Å². The molecule has 1 aromatic heterocycles. The molecule has 2 aromatic rings. The minimum absolute atomic E-state index is 0.136. The van der Waals surface area contributed by atoms with Gasteiger partial charge in [0.15, 0.2) is 0 Å². The molecule has 1 unspecified atom stereocenters. The van der Waals surface area contributed by atoms with Crippen molar-refractivity contribution in [2.75, 3.05) is 0 Å². The zero-order valence-corrected chi connectivity index (χ0v) is 11.8. The van der Waals surface area contributed by atoms with E-state index in [1.807, 2.05) is 6.92 Å². The van der Waals surface area contributed by atoms with Crippen LogP contribution in [0.25, 0.3) is 0 Å². The summed E-state index contributed by atoms with van der Waals surface area (Å²) >= 11 is 3.00. The lowest BCUT2D eigenvalue weighted by molar-refractivity contribution is 0.175. The molecule has 2 rings (SSSR count). The van der Waals surface area contributed by atoms with Gasteiger partial charge in [0.2, 0.25) is 0 Å². The number of rotatable bonds is 3. The number of hydrogen-bond donors (Lipinski definition) is 1. The van der Waals surface area contributed by atoms with Gasteiger partial charge in [0.05, 0.1) is 10.6 Å². The zero-order chi connectivity index (χ0) is 14.0. The summed E-state index contributed by atoms with van der Waals surface area (Å²) in [6, 6.07) is 4.21. The molecule has 0 saturated carbocycles. The van der Waals surface area contributed by atoms with Crippen LogP contribution in [0.5, 0.6) is 0 Å². The molecule has 0 saturated heterocycles. The van der Waals surface area contributed by atoms with Gasteiger partial charge >= 0.3 is 0 Å². The van der Waals surface area contributed by atoms with E-state index in [-0.39, 0.29) is 16.5 Å². The number of aromatic nitrogens is 1. The third-order valence-corrected chi connectivity index (χ3v) is 3.43. The van der Waals surface area contributed by atoms with Gasteiger partial charge in [0, 0.05) is 24.4 Å². The highest BCUT2D eigenvalue weighted by Gasteiger charge is 2.17. The lowest BCUT2D eigenvalue weighted by Crippen LogP contribution is -2.07. The van der Waals surface area contributed by atoms with Gasteiger partial charge in [-0.15, -0.1) is 0 Å². The van der Waals surface area contributed by atoms with Crippen molar-refractivity contribution in [3.8, 4) is 0 Å². The molecule has 1 heterocycles. The van der Waals surface area contributed by atoms with Crippen molar-refractivity contribution >= 4 is 15.9 Å². The summed E-state index contributed by atoms with van der Waals surface area (Å²) in [6.45, 7) is 1.84. The number of nitrogens with zero attached hydrogens (tertiary/aromatic N) is 1. The zero-order valence-electron chi connectivity index (χ0n) is 10.2. The molecule has 1 atom stereocenters. The molecular weight excluding hydrogens is 316 g/mol. The standard InChI is InChI=1S/C14H12BrF2NO/c1-8-4-9(7-18-6-8)13(19)5-10-12(16)3-2-11(15)14(10)17/h2-4,6-7,13,19H,5H2,1H3. The summed E-state index contributed by atoms with van der Waals surface area (Å²) in [5.41, 5.74) is 1.29. The highest BCUT2D eigenvalue weighted by molar-refractivity contribution is 9.10. The van der Waals surface area contributed by atoms with Gasteiger partial charge in [-0.05, 0) is 46.1 Å². The minimum atomic E-state index is -0.995. The smallest absolute Gasteiger partial charge is 0.143 e. The fourth-order valence-corrected chi connectivity index (χ4v) is 2.20. The van der Waals surface area contributed by atoms with Gasteiger partial charge in [0.25, 0.3) is 0 Å². The highest BCUT2D eigenvalue weighted by Crippen LogP contribution is 2.26. The van der Waals surface area contributed by atoms with E-state index < -0.39 is 17.7 Å². The number of hydrogen-bond acceptors (Lipinski definition) is 2. The molecule has 0 aliphatic carbocycles. The van der Waals surface area contributed by atoms with E-state index in [1.165, 1.54) is 18.3 Å². The molecule has 2 nitrogen and oxygen atoms in total. The summed E-state index contributed by atoms with van der Waals surface area (Å²) < 4.78 is 27.6. The Morgan fingerprint density at radius 3 is 2.74 bits per heavy atom. The van der Waals surface area contributed by atoms with Crippen LogP contribution in [0, 0.1) is 18.6 Å². The Hall–Kier alpha value is -1.33. The summed E-state index contributed by atoms with van der Waals surface area (Å²) in [5, 5.41) is 10.0. The first-order chi connectivity index (χ1) is 8.99. The Bertz CT molecular complexity index is 604. The first kappa shape index (κ1) is 14.1. The fourth-order valence-electron chi connectivity index (χ4n) is 1.83.